The normalized spacial score (nSPS) is 10.7. The minimum Gasteiger partial charge on any atom is -0.478 e. The molecule has 0 aliphatic carbocycles. The lowest BCUT2D eigenvalue weighted by Gasteiger charge is -2.21. The fourth-order valence-corrected chi connectivity index (χ4v) is 1.68. The van der Waals surface area contributed by atoms with Crippen molar-refractivity contribution >= 4 is 17.7 Å². The van der Waals surface area contributed by atoms with Gasteiger partial charge in [-0.3, -0.25) is 5.32 Å². The summed E-state index contributed by atoms with van der Waals surface area (Å²) in [6, 6.07) is 15.0. The summed E-state index contributed by atoms with van der Waals surface area (Å²) in [6.07, 6.45) is -0.615. The SMILES string of the molecule is CC(C)(Oc1ccc(NC(=O)Oc2ccccc2)cc1)C(=O)O. The molecule has 0 spiro atoms. The minimum atomic E-state index is -1.33. The maximum Gasteiger partial charge on any atom is 0.417 e. The molecule has 6 heteroatoms. The Kier molecular flexibility index (Phi) is 4.85. The molecule has 0 fully saturated rings. The zero-order chi connectivity index (χ0) is 16.9. The predicted octanol–water partition coefficient (Wildman–Crippen LogP) is 3.54. The third kappa shape index (κ3) is 4.74. The van der Waals surface area contributed by atoms with E-state index >= 15 is 0 Å². The topological polar surface area (TPSA) is 84.9 Å². The number of amides is 1. The van der Waals surface area contributed by atoms with E-state index in [-0.39, 0.29) is 0 Å². The Morgan fingerprint density at radius 2 is 1.57 bits per heavy atom. The Morgan fingerprint density at radius 1 is 0.957 bits per heavy atom. The molecule has 2 rings (SSSR count). The highest BCUT2D eigenvalue weighted by atomic mass is 16.6. The van der Waals surface area contributed by atoms with Crippen molar-refractivity contribution in [3.05, 3.63) is 54.6 Å². The molecule has 0 aliphatic rings. The van der Waals surface area contributed by atoms with Crippen LogP contribution in [0.2, 0.25) is 0 Å². The molecule has 2 aromatic rings. The van der Waals surface area contributed by atoms with E-state index in [2.05, 4.69) is 5.32 Å². The molecule has 0 saturated carbocycles. The summed E-state index contributed by atoms with van der Waals surface area (Å²) in [6.45, 7) is 2.91. The van der Waals surface area contributed by atoms with Crippen molar-refractivity contribution in [1.82, 2.24) is 0 Å². The second-order valence-corrected chi connectivity index (χ2v) is 5.27. The first-order valence-electron chi connectivity index (χ1n) is 6.93. The number of benzene rings is 2. The molecule has 0 radical (unpaired) electrons. The summed E-state index contributed by atoms with van der Waals surface area (Å²) in [5.74, 6) is -0.237. The number of para-hydroxylation sites is 1. The van der Waals surface area contributed by atoms with Gasteiger partial charge in [-0.15, -0.1) is 0 Å². The number of ether oxygens (including phenoxy) is 2. The number of anilines is 1. The second kappa shape index (κ2) is 6.83. The number of hydrogen-bond acceptors (Lipinski definition) is 4. The van der Waals surface area contributed by atoms with Crippen molar-refractivity contribution in [3.8, 4) is 11.5 Å². The van der Waals surface area contributed by atoms with Gasteiger partial charge in [-0.2, -0.15) is 0 Å². The van der Waals surface area contributed by atoms with E-state index in [0.717, 1.165) is 0 Å². The van der Waals surface area contributed by atoms with Gasteiger partial charge in [0.05, 0.1) is 0 Å². The highest BCUT2D eigenvalue weighted by molar-refractivity contribution is 5.86. The van der Waals surface area contributed by atoms with Crippen LogP contribution < -0.4 is 14.8 Å². The van der Waals surface area contributed by atoms with Crippen LogP contribution in [0.5, 0.6) is 11.5 Å². The minimum absolute atomic E-state index is 0.388. The molecule has 0 saturated heterocycles. The Morgan fingerprint density at radius 3 is 2.13 bits per heavy atom. The van der Waals surface area contributed by atoms with Crippen molar-refractivity contribution in [2.45, 2.75) is 19.4 Å². The summed E-state index contributed by atoms with van der Waals surface area (Å²) < 4.78 is 10.5. The summed E-state index contributed by atoms with van der Waals surface area (Å²) in [5.41, 5.74) is -0.826. The molecule has 0 aromatic heterocycles. The Balaban J connectivity index is 1.95. The zero-order valence-electron chi connectivity index (χ0n) is 12.8. The third-order valence-electron chi connectivity index (χ3n) is 2.94. The standard InChI is InChI=1S/C17H17NO5/c1-17(2,15(19)20)23-14-10-8-12(9-11-14)18-16(21)22-13-6-4-3-5-7-13/h3-11H,1-2H3,(H,18,21)(H,19,20). The molecule has 1 amide bonds. The lowest BCUT2D eigenvalue weighted by Crippen LogP contribution is -2.37. The first kappa shape index (κ1) is 16.4. The number of carboxylic acids is 1. The monoisotopic (exact) mass is 315 g/mol. The number of hydrogen-bond donors (Lipinski definition) is 2. The van der Waals surface area contributed by atoms with Gasteiger partial charge in [-0.1, -0.05) is 18.2 Å². The van der Waals surface area contributed by atoms with Gasteiger partial charge in [0.15, 0.2) is 5.60 Å². The Bertz CT molecular complexity index is 680. The summed E-state index contributed by atoms with van der Waals surface area (Å²) in [4.78, 5) is 22.8. The molecule has 2 N–H and O–H groups in total. The van der Waals surface area contributed by atoms with Gasteiger partial charge in [0, 0.05) is 5.69 Å². The third-order valence-corrected chi connectivity index (χ3v) is 2.94. The van der Waals surface area contributed by atoms with Crippen LogP contribution in [0.1, 0.15) is 13.8 Å². The van der Waals surface area contributed by atoms with Crippen LogP contribution in [0.25, 0.3) is 0 Å². The fraction of sp³-hybridized carbons (Fsp3) is 0.176. The quantitative estimate of drug-likeness (QED) is 0.881. The van der Waals surface area contributed by atoms with Gasteiger partial charge in [0.2, 0.25) is 0 Å². The summed E-state index contributed by atoms with van der Waals surface area (Å²) in [5, 5.41) is 11.6. The van der Waals surface area contributed by atoms with Gasteiger partial charge < -0.3 is 14.6 Å². The van der Waals surface area contributed by atoms with E-state index < -0.39 is 17.7 Å². The second-order valence-electron chi connectivity index (χ2n) is 5.27. The molecular weight excluding hydrogens is 298 g/mol. The molecule has 2 aromatic carbocycles. The predicted molar refractivity (Wildman–Crippen MR) is 84.9 cm³/mol. The maximum atomic E-state index is 11.7. The number of carbonyl (C=O) groups excluding carboxylic acids is 1. The number of carbonyl (C=O) groups is 2. The van der Waals surface area contributed by atoms with Crippen LogP contribution in [0, 0.1) is 0 Å². The largest absolute Gasteiger partial charge is 0.478 e. The van der Waals surface area contributed by atoms with Crippen LogP contribution in [0.15, 0.2) is 54.6 Å². The highest BCUT2D eigenvalue weighted by Gasteiger charge is 2.29. The molecular formula is C17H17NO5. The van der Waals surface area contributed by atoms with Gasteiger partial charge >= 0.3 is 12.1 Å². The van der Waals surface area contributed by atoms with E-state index in [0.29, 0.717) is 17.2 Å². The average Bonchev–Trinajstić information content (AvgIpc) is 2.50. The molecule has 120 valence electrons. The Labute approximate surface area is 133 Å². The van der Waals surface area contributed by atoms with Crippen molar-refractivity contribution in [3.63, 3.8) is 0 Å². The number of aliphatic carboxylic acids is 1. The molecule has 0 heterocycles. The summed E-state index contributed by atoms with van der Waals surface area (Å²) >= 11 is 0. The average molecular weight is 315 g/mol. The highest BCUT2D eigenvalue weighted by Crippen LogP contribution is 2.21. The van der Waals surface area contributed by atoms with Gasteiger partial charge in [0.1, 0.15) is 11.5 Å². The van der Waals surface area contributed by atoms with Crippen molar-refractivity contribution in [1.29, 1.82) is 0 Å². The lowest BCUT2D eigenvalue weighted by atomic mass is 10.1. The van der Waals surface area contributed by atoms with Gasteiger partial charge in [0.25, 0.3) is 0 Å². The van der Waals surface area contributed by atoms with Crippen molar-refractivity contribution in [2.75, 3.05) is 5.32 Å². The van der Waals surface area contributed by atoms with Gasteiger partial charge in [-0.25, -0.2) is 9.59 Å². The number of carboxylic acid groups (broad SMARTS) is 1. The van der Waals surface area contributed by atoms with E-state index in [1.807, 2.05) is 6.07 Å². The number of nitrogens with one attached hydrogen (secondary N) is 1. The molecule has 6 nitrogen and oxygen atoms in total. The summed E-state index contributed by atoms with van der Waals surface area (Å²) in [7, 11) is 0. The van der Waals surface area contributed by atoms with Crippen LogP contribution in [0.3, 0.4) is 0 Å². The lowest BCUT2D eigenvalue weighted by molar-refractivity contribution is -0.152. The van der Waals surface area contributed by atoms with Crippen molar-refractivity contribution < 1.29 is 24.2 Å². The molecule has 0 atom stereocenters. The van der Waals surface area contributed by atoms with E-state index in [1.165, 1.54) is 13.8 Å². The van der Waals surface area contributed by atoms with Gasteiger partial charge in [-0.05, 0) is 50.2 Å². The molecule has 0 unspecified atom stereocenters. The fourth-order valence-electron chi connectivity index (χ4n) is 1.68. The van der Waals surface area contributed by atoms with E-state index in [1.54, 1.807) is 48.5 Å². The van der Waals surface area contributed by atoms with Crippen molar-refractivity contribution in [2.24, 2.45) is 0 Å². The number of rotatable bonds is 5. The molecule has 0 bridgehead atoms. The first-order valence-corrected chi connectivity index (χ1v) is 6.93. The van der Waals surface area contributed by atoms with E-state index in [9.17, 15) is 9.59 Å². The smallest absolute Gasteiger partial charge is 0.417 e. The van der Waals surface area contributed by atoms with Crippen LogP contribution in [0.4, 0.5) is 10.5 Å². The van der Waals surface area contributed by atoms with Crippen LogP contribution in [-0.2, 0) is 4.79 Å². The maximum absolute atomic E-state index is 11.7. The zero-order valence-corrected chi connectivity index (χ0v) is 12.8. The Hall–Kier alpha value is -3.02. The first-order chi connectivity index (χ1) is 10.9. The van der Waals surface area contributed by atoms with E-state index in [4.69, 9.17) is 14.6 Å². The van der Waals surface area contributed by atoms with Crippen LogP contribution >= 0.6 is 0 Å². The molecule has 0 aliphatic heterocycles. The van der Waals surface area contributed by atoms with Crippen LogP contribution in [-0.4, -0.2) is 22.8 Å². The molecule has 23 heavy (non-hydrogen) atoms.